The van der Waals surface area contributed by atoms with Crippen LogP contribution in [0.4, 0.5) is 0 Å². The Morgan fingerprint density at radius 2 is 2.17 bits per heavy atom. The number of nitrogens with one attached hydrogen (secondary N) is 1. The number of hydrogen-bond donors (Lipinski definition) is 1. The van der Waals surface area contributed by atoms with Crippen molar-refractivity contribution in [2.45, 2.75) is 19.1 Å². The highest BCUT2D eigenvalue weighted by Crippen LogP contribution is 2.24. The zero-order chi connectivity index (χ0) is 15.9. The molecule has 1 atom stereocenters. The Kier molecular flexibility index (Phi) is 5.91. The van der Waals surface area contributed by atoms with Gasteiger partial charge < -0.3 is 19.7 Å². The highest BCUT2D eigenvalue weighted by atomic mass is 16.5. The lowest BCUT2D eigenvalue weighted by molar-refractivity contribution is 0.0341. The maximum absolute atomic E-state index is 5.43. The maximum Gasteiger partial charge on any atom is 0.125 e. The normalized spacial score (nSPS) is 21.6. The second-order valence-electron chi connectivity index (χ2n) is 6.10. The van der Waals surface area contributed by atoms with E-state index in [-0.39, 0.29) is 6.17 Å². The third-order valence-electron chi connectivity index (χ3n) is 4.39. The van der Waals surface area contributed by atoms with E-state index < -0.39 is 0 Å². The van der Waals surface area contributed by atoms with Gasteiger partial charge >= 0.3 is 0 Å². The summed E-state index contributed by atoms with van der Waals surface area (Å²) in [5.74, 6) is 0. The van der Waals surface area contributed by atoms with Crippen LogP contribution in [0.2, 0.25) is 0 Å². The number of nitrogens with zero attached hydrogens (tertiary/aromatic N) is 2. The van der Waals surface area contributed by atoms with Crippen LogP contribution in [-0.2, 0) is 16.0 Å². The van der Waals surface area contributed by atoms with Crippen molar-refractivity contribution in [1.29, 1.82) is 0 Å². The Morgan fingerprint density at radius 1 is 1.30 bits per heavy atom. The molecule has 0 bridgehead atoms. The summed E-state index contributed by atoms with van der Waals surface area (Å²) in [6.07, 6.45) is 5.43. The lowest BCUT2D eigenvalue weighted by atomic mass is 10.1. The molecule has 0 amide bonds. The molecular formula is C18H27N3O2. The molecule has 2 heterocycles. The third-order valence-corrected chi connectivity index (χ3v) is 4.39. The SMILES string of the molecule is COCCCN1C=CNC1c1cccc(CN2CCOCC2)c1. The Bertz CT molecular complexity index is 515. The van der Waals surface area contributed by atoms with Gasteiger partial charge in [0.15, 0.2) is 0 Å². The molecule has 126 valence electrons. The van der Waals surface area contributed by atoms with Gasteiger partial charge in [0.2, 0.25) is 0 Å². The van der Waals surface area contributed by atoms with Gasteiger partial charge in [0.1, 0.15) is 6.17 Å². The van der Waals surface area contributed by atoms with E-state index in [4.69, 9.17) is 9.47 Å². The molecule has 5 heteroatoms. The first-order valence-corrected chi connectivity index (χ1v) is 8.43. The molecule has 1 fully saturated rings. The number of rotatable bonds is 7. The summed E-state index contributed by atoms with van der Waals surface area (Å²) >= 11 is 0. The first kappa shape index (κ1) is 16.3. The molecule has 0 radical (unpaired) electrons. The summed E-state index contributed by atoms with van der Waals surface area (Å²) in [6, 6.07) is 8.91. The minimum atomic E-state index is 0.233. The fourth-order valence-corrected chi connectivity index (χ4v) is 3.17. The van der Waals surface area contributed by atoms with Crippen molar-refractivity contribution in [3.05, 3.63) is 47.8 Å². The van der Waals surface area contributed by atoms with Gasteiger partial charge in [-0.25, -0.2) is 0 Å². The van der Waals surface area contributed by atoms with E-state index in [0.717, 1.165) is 52.4 Å². The van der Waals surface area contributed by atoms with Crippen molar-refractivity contribution in [2.24, 2.45) is 0 Å². The molecule has 1 N–H and O–H groups in total. The third kappa shape index (κ3) is 4.47. The van der Waals surface area contributed by atoms with Crippen molar-refractivity contribution in [3.8, 4) is 0 Å². The van der Waals surface area contributed by atoms with Crippen LogP contribution in [0.1, 0.15) is 23.7 Å². The second-order valence-corrected chi connectivity index (χ2v) is 6.10. The van der Waals surface area contributed by atoms with Crippen LogP contribution < -0.4 is 5.32 Å². The van der Waals surface area contributed by atoms with Crippen LogP contribution in [0.25, 0.3) is 0 Å². The number of morpholine rings is 1. The highest BCUT2D eigenvalue weighted by Gasteiger charge is 2.20. The molecule has 5 nitrogen and oxygen atoms in total. The van der Waals surface area contributed by atoms with Gasteiger partial charge in [-0.2, -0.15) is 0 Å². The predicted molar refractivity (Wildman–Crippen MR) is 90.8 cm³/mol. The predicted octanol–water partition coefficient (Wildman–Crippen LogP) is 1.93. The molecule has 0 spiro atoms. The molecule has 1 unspecified atom stereocenters. The lowest BCUT2D eigenvalue weighted by Gasteiger charge is -2.28. The summed E-state index contributed by atoms with van der Waals surface area (Å²) < 4.78 is 10.6. The Labute approximate surface area is 138 Å². The van der Waals surface area contributed by atoms with Crippen molar-refractivity contribution in [2.75, 3.05) is 46.6 Å². The average molecular weight is 317 g/mol. The van der Waals surface area contributed by atoms with E-state index in [1.165, 1.54) is 11.1 Å². The fraction of sp³-hybridized carbons (Fsp3) is 0.556. The molecule has 2 aliphatic rings. The Morgan fingerprint density at radius 3 is 3.00 bits per heavy atom. The van der Waals surface area contributed by atoms with Crippen LogP contribution in [0.5, 0.6) is 0 Å². The first-order valence-electron chi connectivity index (χ1n) is 8.43. The summed E-state index contributed by atoms with van der Waals surface area (Å²) in [4.78, 5) is 4.80. The highest BCUT2D eigenvalue weighted by molar-refractivity contribution is 5.27. The van der Waals surface area contributed by atoms with Crippen LogP contribution in [0.3, 0.4) is 0 Å². The molecule has 2 aliphatic heterocycles. The summed E-state index contributed by atoms with van der Waals surface area (Å²) in [7, 11) is 1.75. The molecule has 1 saturated heterocycles. The Balaban J connectivity index is 1.61. The van der Waals surface area contributed by atoms with Crippen molar-refractivity contribution >= 4 is 0 Å². The summed E-state index contributed by atoms with van der Waals surface area (Å²) in [6.45, 7) is 6.54. The smallest absolute Gasteiger partial charge is 0.125 e. The van der Waals surface area contributed by atoms with Gasteiger partial charge in [0, 0.05) is 52.3 Å². The van der Waals surface area contributed by atoms with E-state index in [9.17, 15) is 0 Å². The van der Waals surface area contributed by atoms with Crippen LogP contribution >= 0.6 is 0 Å². The minimum Gasteiger partial charge on any atom is -0.385 e. The molecular weight excluding hydrogens is 290 g/mol. The molecule has 0 aromatic heterocycles. The number of hydrogen-bond acceptors (Lipinski definition) is 5. The minimum absolute atomic E-state index is 0.233. The van der Waals surface area contributed by atoms with Crippen LogP contribution in [0, 0.1) is 0 Å². The Hall–Kier alpha value is -1.56. The van der Waals surface area contributed by atoms with Gasteiger partial charge in [-0.05, 0) is 17.5 Å². The number of benzene rings is 1. The van der Waals surface area contributed by atoms with Gasteiger partial charge in [-0.15, -0.1) is 0 Å². The fourth-order valence-electron chi connectivity index (χ4n) is 3.17. The van der Waals surface area contributed by atoms with Crippen molar-refractivity contribution in [3.63, 3.8) is 0 Å². The molecule has 1 aromatic rings. The van der Waals surface area contributed by atoms with Crippen LogP contribution in [-0.4, -0.2) is 56.4 Å². The summed E-state index contributed by atoms with van der Waals surface area (Å²) in [5.41, 5.74) is 2.69. The standard InChI is InChI=1S/C18H27N3O2/c1-22-11-3-7-21-8-6-19-18(21)17-5-2-4-16(14-17)15-20-9-12-23-13-10-20/h2,4-6,8,14,18-19H,3,7,9-13,15H2,1H3. The first-order chi connectivity index (χ1) is 11.4. The van der Waals surface area contributed by atoms with Gasteiger partial charge in [0.05, 0.1) is 13.2 Å². The van der Waals surface area contributed by atoms with E-state index in [0.29, 0.717) is 0 Å². The number of methoxy groups -OCH3 is 1. The van der Waals surface area contributed by atoms with Gasteiger partial charge in [0.25, 0.3) is 0 Å². The topological polar surface area (TPSA) is 37.0 Å². The molecule has 0 aliphatic carbocycles. The second kappa shape index (κ2) is 8.34. The van der Waals surface area contributed by atoms with Gasteiger partial charge in [-0.1, -0.05) is 24.3 Å². The zero-order valence-corrected chi connectivity index (χ0v) is 13.9. The quantitative estimate of drug-likeness (QED) is 0.778. The lowest BCUT2D eigenvalue weighted by Crippen LogP contribution is -2.35. The van der Waals surface area contributed by atoms with E-state index in [1.807, 2.05) is 6.20 Å². The monoisotopic (exact) mass is 317 g/mol. The van der Waals surface area contributed by atoms with E-state index in [2.05, 4.69) is 45.6 Å². The molecule has 23 heavy (non-hydrogen) atoms. The summed E-state index contributed by atoms with van der Waals surface area (Å²) in [5, 5.41) is 3.45. The average Bonchev–Trinajstić information content (AvgIpc) is 3.05. The largest absolute Gasteiger partial charge is 0.385 e. The molecule has 1 aromatic carbocycles. The van der Waals surface area contributed by atoms with E-state index >= 15 is 0 Å². The van der Waals surface area contributed by atoms with Crippen molar-refractivity contribution in [1.82, 2.24) is 15.1 Å². The zero-order valence-electron chi connectivity index (χ0n) is 13.9. The molecule has 0 saturated carbocycles. The van der Waals surface area contributed by atoms with E-state index in [1.54, 1.807) is 7.11 Å². The van der Waals surface area contributed by atoms with Crippen molar-refractivity contribution < 1.29 is 9.47 Å². The molecule has 3 rings (SSSR count). The van der Waals surface area contributed by atoms with Gasteiger partial charge in [-0.3, -0.25) is 4.90 Å². The maximum atomic E-state index is 5.43. The number of ether oxygens (including phenoxy) is 2. The van der Waals surface area contributed by atoms with Crippen LogP contribution in [0.15, 0.2) is 36.7 Å².